The van der Waals surface area contributed by atoms with Gasteiger partial charge >= 0.3 is 0 Å². The molecule has 1 unspecified atom stereocenters. The summed E-state index contributed by atoms with van der Waals surface area (Å²) in [5, 5.41) is 3.66. The maximum Gasteiger partial charge on any atom is 0.104 e. The van der Waals surface area contributed by atoms with Crippen LogP contribution in [0.15, 0.2) is 91.0 Å². The second-order valence-corrected chi connectivity index (χ2v) is 9.32. The van der Waals surface area contributed by atoms with Crippen molar-refractivity contribution in [2.75, 3.05) is 12.3 Å². The van der Waals surface area contributed by atoms with Crippen LogP contribution in [0.2, 0.25) is 0 Å². The van der Waals surface area contributed by atoms with Gasteiger partial charge in [-0.05, 0) is 36.8 Å². The van der Waals surface area contributed by atoms with Gasteiger partial charge in [-0.25, -0.2) is 0 Å². The Morgan fingerprint density at radius 3 is 1.35 bits per heavy atom. The molecule has 1 nitrogen and oxygen atoms in total. The molecule has 0 aromatic heterocycles. The monoisotopic (exact) mass is 337 g/mol. The zero-order valence-corrected chi connectivity index (χ0v) is 14.7. The third kappa shape index (κ3) is 4.35. The molecule has 0 N–H and O–H groups in total. The minimum atomic E-state index is -1.32. The summed E-state index contributed by atoms with van der Waals surface area (Å²) in [6, 6.07) is 31.0. The molecule has 0 aliphatic heterocycles. The Morgan fingerprint density at radius 1 is 0.522 bits per heavy atom. The summed E-state index contributed by atoms with van der Waals surface area (Å²) in [6.45, 7) is 0. The summed E-state index contributed by atoms with van der Waals surface area (Å²) in [5.74, 6) is 0. The first-order valence-electron chi connectivity index (χ1n) is 7.72. The lowest BCUT2D eigenvalue weighted by molar-refractivity contribution is 0.594. The largest absolute Gasteiger partial charge is 0.282 e. The summed E-state index contributed by atoms with van der Waals surface area (Å²) >= 11 is 0. The van der Waals surface area contributed by atoms with Gasteiger partial charge in [-0.3, -0.25) is 4.57 Å². The summed E-state index contributed by atoms with van der Waals surface area (Å²) in [6.07, 6.45) is 1.68. The van der Waals surface area contributed by atoms with E-state index in [1.54, 1.807) is 0 Å². The smallest absolute Gasteiger partial charge is 0.104 e. The third-order valence-electron chi connectivity index (χ3n) is 3.71. The van der Waals surface area contributed by atoms with Crippen LogP contribution in [0.5, 0.6) is 0 Å². The Bertz CT molecular complexity index is 703. The first kappa shape index (κ1) is 16.1. The van der Waals surface area contributed by atoms with Crippen LogP contribution in [-0.2, 0) is 4.57 Å². The second-order valence-electron chi connectivity index (χ2n) is 5.26. The Morgan fingerprint density at radius 2 is 0.913 bits per heavy atom. The van der Waals surface area contributed by atoms with Crippen molar-refractivity contribution in [3.8, 4) is 0 Å². The molecule has 0 aliphatic carbocycles. The fourth-order valence-corrected chi connectivity index (χ4v) is 6.71. The molecule has 3 aromatic carbocycles. The molecule has 0 heterocycles. The van der Waals surface area contributed by atoms with Crippen LogP contribution in [0.3, 0.4) is 0 Å². The van der Waals surface area contributed by atoms with E-state index < -0.39 is 15.7 Å². The van der Waals surface area contributed by atoms with Gasteiger partial charge in [0.25, 0.3) is 0 Å². The molecule has 115 valence electrons. The first-order valence-corrected chi connectivity index (χ1v) is 10.7. The topological polar surface area (TPSA) is 17.1 Å². The van der Waals surface area contributed by atoms with Crippen molar-refractivity contribution >= 4 is 31.6 Å². The molecule has 0 fully saturated rings. The van der Waals surface area contributed by atoms with Crippen molar-refractivity contribution in [2.45, 2.75) is 0 Å². The van der Waals surface area contributed by atoms with E-state index in [1.807, 2.05) is 42.5 Å². The van der Waals surface area contributed by atoms with Crippen LogP contribution in [0, 0.1) is 0 Å². The van der Waals surface area contributed by atoms with Gasteiger partial charge in [0.15, 0.2) is 0 Å². The molecular formula is C20H19OP2. The molecule has 0 spiro atoms. The van der Waals surface area contributed by atoms with Gasteiger partial charge in [-0.2, -0.15) is 0 Å². The molecule has 1 atom stereocenters. The van der Waals surface area contributed by atoms with E-state index in [0.29, 0.717) is 0 Å². The quantitative estimate of drug-likeness (QED) is 0.614. The van der Waals surface area contributed by atoms with E-state index in [2.05, 4.69) is 48.5 Å². The van der Waals surface area contributed by atoms with Gasteiger partial charge in [0.05, 0.1) is 0 Å². The lowest BCUT2D eigenvalue weighted by Crippen LogP contribution is -2.15. The Labute approximate surface area is 139 Å². The number of hydrogen-bond acceptors (Lipinski definition) is 1. The fraction of sp³-hybridized carbons (Fsp3) is 0.100. The molecule has 0 amide bonds. The van der Waals surface area contributed by atoms with Crippen molar-refractivity contribution in [3.63, 3.8) is 0 Å². The summed E-state index contributed by atoms with van der Waals surface area (Å²) in [7, 11) is -1.78. The molecule has 0 bridgehead atoms. The minimum absolute atomic E-state index is 0.458. The van der Waals surface area contributed by atoms with Gasteiger partial charge in [0.2, 0.25) is 0 Å². The van der Waals surface area contributed by atoms with Crippen LogP contribution in [-0.4, -0.2) is 12.3 Å². The highest BCUT2D eigenvalue weighted by atomic mass is 31.1. The van der Waals surface area contributed by atoms with Crippen LogP contribution in [0.4, 0.5) is 0 Å². The zero-order chi connectivity index (χ0) is 15.9. The second kappa shape index (κ2) is 8.16. The highest BCUT2D eigenvalue weighted by Crippen LogP contribution is 2.36. The molecule has 0 saturated carbocycles. The molecule has 3 heteroatoms. The molecule has 1 radical (unpaired) electrons. The number of benzene rings is 3. The van der Waals surface area contributed by atoms with E-state index in [0.717, 1.165) is 17.6 Å². The average Bonchev–Trinajstić information content (AvgIpc) is 2.64. The van der Waals surface area contributed by atoms with E-state index in [1.165, 1.54) is 10.6 Å². The predicted molar refractivity (Wildman–Crippen MR) is 102 cm³/mol. The summed E-state index contributed by atoms with van der Waals surface area (Å²) in [5.41, 5.74) is 0. The Hall–Kier alpha value is -1.81. The van der Waals surface area contributed by atoms with Gasteiger partial charge in [0, 0.05) is 11.5 Å². The number of hydrogen-bond donors (Lipinski definition) is 0. The van der Waals surface area contributed by atoms with Crippen molar-refractivity contribution in [3.05, 3.63) is 91.0 Å². The highest BCUT2D eigenvalue weighted by Gasteiger charge is 2.15. The average molecular weight is 337 g/mol. The minimum Gasteiger partial charge on any atom is -0.282 e. The SMILES string of the molecule is O=[P](CCP(c1ccccc1)c1ccccc1)c1ccccc1. The third-order valence-corrected chi connectivity index (χ3v) is 8.08. The van der Waals surface area contributed by atoms with E-state index in [9.17, 15) is 4.57 Å². The molecule has 23 heavy (non-hydrogen) atoms. The fourth-order valence-electron chi connectivity index (χ4n) is 2.54. The van der Waals surface area contributed by atoms with Crippen LogP contribution in [0.1, 0.15) is 0 Å². The maximum absolute atomic E-state index is 12.6. The molecule has 0 saturated heterocycles. The van der Waals surface area contributed by atoms with Gasteiger partial charge < -0.3 is 0 Å². The Kier molecular flexibility index (Phi) is 5.70. The Balaban J connectivity index is 1.79. The summed E-state index contributed by atoms with van der Waals surface area (Å²) in [4.78, 5) is 0. The van der Waals surface area contributed by atoms with E-state index in [-0.39, 0.29) is 0 Å². The van der Waals surface area contributed by atoms with Gasteiger partial charge in [0.1, 0.15) is 7.80 Å². The van der Waals surface area contributed by atoms with Crippen molar-refractivity contribution < 1.29 is 4.57 Å². The standard InChI is InChI=1S/C20H19OP2/c21-23(20-14-8-3-9-15-20)17-16-22(18-10-4-1-5-11-18)19-12-6-2-7-13-19/h1-15H,16-17H2. The van der Waals surface area contributed by atoms with Gasteiger partial charge in [-0.1, -0.05) is 78.9 Å². The van der Waals surface area contributed by atoms with Crippen LogP contribution < -0.4 is 15.9 Å². The number of rotatable bonds is 6. The molecule has 3 aromatic rings. The van der Waals surface area contributed by atoms with Crippen molar-refractivity contribution in [2.24, 2.45) is 0 Å². The lowest BCUT2D eigenvalue weighted by atomic mass is 10.4. The highest BCUT2D eigenvalue weighted by molar-refractivity contribution is 7.73. The van der Waals surface area contributed by atoms with Gasteiger partial charge in [-0.15, -0.1) is 0 Å². The van der Waals surface area contributed by atoms with Crippen molar-refractivity contribution in [1.82, 2.24) is 0 Å². The van der Waals surface area contributed by atoms with E-state index >= 15 is 0 Å². The lowest BCUT2D eigenvalue weighted by Gasteiger charge is -2.18. The predicted octanol–water partition coefficient (Wildman–Crippen LogP) is 4.27. The van der Waals surface area contributed by atoms with E-state index in [4.69, 9.17) is 0 Å². The maximum atomic E-state index is 12.6. The summed E-state index contributed by atoms with van der Waals surface area (Å²) < 4.78 is 12.6. The van der Waals surface area contributed by atoms with Crippen LogP contribution in [0.25, 0.3) is 0 Å². The van der Waals surface area contributed by atoms with Crippen molar-refractivity contribution in [1.29, 1.82) is 0 Å². The van der Waals surface area contributed by atoms with Crippen LogP contribution >= 0.6 is 15.7 Å². The molecular weight excluding hydrogens is 318 g/mol. The normalized spacial score (nSPS) is 11.4. The molecule has 3 rings (SSSR count). The first-order chi connectivity index (χ1) is 11.3. The zero-order valence-electron chi connectivity index (χ0n) is 12.9. The molecule has 0 aliphatic rings.